The summed E-state index contributed by atoms with van der Waals surface area (Å²) in [4.78, 5) is 0. The van der Waals surface area contributed by atoms with Crippen molar-refractivity contribution in [2.24, 2.45) is 0 Å². The van der Waals surface area contributed by atoms with Crippen LogP contribution < -0.4 is 10.5 Å². The number of hydrogen-bond donors (Lipinski definition) is 1. The van der Waals surface area contributed by atoms with Crippen LogP contribution in [0.3, 0.4) is 0 Å². The maximum atomic E-state index is 6.04. The molecule has 1 aromatic carbocycles. The van der Waals surface area contributed by atoms with E-state index in [0.717, 1.165) is 39.3 Å². The molecule has 3 aromatic rings. The second-order valence-corrected chi connectivity index (χ2v) is 5.35. The lowest BCUT2D eigenvalue weighted by Crippen LogP contribution is -1.99. The Hall–Kier alpha value is -2.56. The zero-order valence-corrected chi connectivity index (χ0v) is 13.3. The molecule has 2 heterocycles. The second kappa shape index (κ2) is 5.33. The monoisotopic (exact) mass is 296 g/mol. The van der Waals surface area contributed by atoms with Crippen molar-refractivity contribution >= 4 is 16.6 Å². The van der Waals surface area contributed by atoms with Crippen LogP contribution in [0.5, 0.6) is 5.75 Å². The van der Waals surface area contributed by atoms with Crippen LogP contribution in [0.1, 0.15) is 24.0 Å². The molecule has 2 N–H and O–H groups in total. The molecule has 0 amide bonds. The third-order valence-corrected chi connectivity index (χ3v) is 3.98. The van der Waals surface area contributed by atoms with Crippen molar-refractivity contribution in [3.05, 3.63) is 41.3 Å². The Bertz CT molecular complexity index is 789. The summed E-state index contributed by atoms with van der Waals surface area (Å²) < 4.78 is 7.69. The van der Waals surface area contributed by atoms with E-state index in [4.69, 9.17) is 10.5 Å². The molecule has 0 bridgehead atoms. The fourth-order valence-corrected chi connectivity index (χ4v) is 3.07. The minimum absolute atomic E-state index is 0.478. The van der Waals surface area contributed by atoms with Gasteiger partial charge < -0.3 is 15.0 Å². The number of aromatic nitrogens is 3. The van der Waals surface area contributed by atoms with Crippen molar-refractivity contribution in [3.8, 4) is 11.4 Å². The highest BCUT2D eigenvalue weighted by Gasteiger charge is 2.17. The van der Waals surface area contributed by atoms with Crippen molar-refractivity contribution in [2.45, 2.75) is 27.7 Å². The van der Waals surface area contributed by atoms with Gasteiger partial charge in [-0.25, -0.2) is 0 Å². The molecular weight excluding hydrogens is 276 g/mol. The number of benzene rings is 1. The predicted molar refractivity (Wildman–Crippen MR) is 88.7 cm³/mol. The summed E-state index contributed by atoms with van der Waals surface area (Å²) in [6, 6.07) is 8.07. The summed E-state index contributed by atoms with van der Waals surface area (Å²) in [5, 5.41) is 10.3. The van der Waals surface area contributed by atoms with E-state index in [1.807, 2.05) is 26.0 Å². The van der Waals surface area contributed by atoms with Crippen LogP contribution in [0, 0.1) is 20.8 Å². The van der Waals surface area contributed by atoms with E-state index in [0.29, 0.717) is 12.4 Å². The number of anilines is 1. The van der Waals surface area contributed by atoms with Gasteiger partial charge in [-0.2, -0.15) is 5.10 Å². The Morgan fingerprint density at radius 3 is 2.23 bits per heavy atom. The van der Waals surface area contributed by atoms with Gasteiger partial charge in [-0.15, -0.1) is 5.10 Å². The lowest BCUT2D eigenvalue weighted by Gasteiger charge is -2.10. The van der Waals surface area contributed by atoms with Gasteiger partial charge in [0, 0.05) is 27.8 Å². The number of hydrogen-bond acceptors (Lipinski definition) is 4. The van der Waals surface area contributed by atoms with Crippen molar-refractivity contribution in [1.82, 2.24) is 14.8 Å². The number of nitrogen functional groups attached to an aromatic ring is 1. The van der Waals surface area contributed by atoms with Gasteiger partial charge in [0.25, 0.3) is 0 Å². The molecule has 5 heteroatoms. The molecule has 0 atom stereocenters. The van der Waals surface area contributed by atoms with Crippen LogP contribution in [0.15, 0.2) is 24.3 Å². The van der Waals surface area contributed by atoms with Crippen LogP contribution in [0.25, 0.3) is 16.5 Å². The Balaban J connectivity index is 2.23. The highest BCUT2D eigenvalue weighted by Crippen LogP contribution is 2.33. The minimum atomic E-state index is 0.478. The number of rotatable bonds is 3. The Morgan fingerprint density at radius 2 is 1.64 bits per heavy atom. The van der Waals surface area contributed by atoms with Gasteiger partial charge in [0.15, 0.2) is 5.82 Å². The van der Waals surface area contributed by atoms with E-state index in [-0.39, 0.29) is 0 Å². The van der Waals surface area contributed by atoms with Crippen LogP contribution in [-0.4, -0.2) is 21.4 Å². The molecule has 0 aliphatic heterocycles. The number of fused-ring (bicyclic) bond motifs is 1. The topological polar surface area (TPSA) is 66.0 Å². The average Bonchev–Trinajstić information content (AvgIpc) is 2.77. The molecule has 5 nitrogen and oxygen atoms in total. The van der Waals surface area contributed by atoms with Crippen LogP contribution in [0.4, 0.5) is 5.82 Å². The molecule has 0 aliphatic carbocycles. The summed E-state index contributed by atoms with van der Waals surface area (Å²) in [6.07, 6.45) is 0. The molecule has 114 valence electrons. The summed E-state index contributed by atoms with van der Waals surface area (Å²) in [6.45, 7) is 8.75. The SMILES string of the molecule is CCOc1ccc(-n2c(C)c3c(C)nnc(N)c3c2C)cc1. The highest BCUT2D eigenvalue weighted by atomic mass is 16.5. The van der Waals surface area contributed by atoms with Gasteiger partial charge in [0.2, 0.25) is 0 Å². The summed E-state index contributed by atoms with van der Waals surface area (Å²) in [5.74, 6) is 1.35. The first kappa shape index (κ1) is 14.4. The van der Waals surface area contributed by atoms with Crippen molar-refractivity contribution in [3.63, 3.8) is 0 Å². The van der Waals surface area contributed by atoms with Crippen LogP contribution >= 0.6 is 0 Å². The van der Waals surface area contributed by atoms with Gasteiger partial charge in [-0.3, -0.25) is 0 Å². The van der Waals surface area contributed by atoms with Gasteiger partial charge in [0.1, 0.15) is 5.75 Å². The Labute approximate surface area is 129 Å². The number of nitrogens with two attached hydrogens (primary N) is 1. The van der Waals surface area contributed by atoms with E-state index in [1.165, 1.54) is 0 Å². The van der Waals surface area contributed by atoms with Gasteiger partial charge in [-0.1, -0.05) is 0 Å². The van der Waals surface area contributed by atoms with Crippen LogP contribution in [0.2, 0.25) is 0 Å². The molecule has 0 saturated carbocycles. The fraction of sp³-hybridized carbons (Fsp3) is 0.294. The molecule has 0 aliphatic rings. The van der Waals surface area contributed by atoms with E-state index in [9.17, 15) is 0 Å². The molecule has 0 unspecified atom stereocenters. The van der Waals surface area contributed by atoms with Crippen molar-refractivity contribution in [2.75, 3.05) is 12.3 Å². The summed E-state index contributed by atoms with van der Waals surface area (Å²) in [5.41, 5.74) is 10.2. The third kappa shape index (κ3) is 2.09. The zero-order chi connectivity index (χ0) is 15.9. The number of nitrogens with zero attached hydrogens (tertiary/aromatic N) is 3. The lowest BCUT2D eigenvalue weighted by atomic mass is 10.1. The maximum Gasteiger partial charge on any atom is 0.155 e. The first-order valence-electron chi connectivity index (χ1n) is 7.38. The number of ether oxygens (including phenoxy) is 1. The van der Waals surface area contributed by atoms with Gasteiger partial charge >= 0.3 is 0 Å². The van der Waals surface area contributed by atoms with E-state index >= 15 is 0 Å². The third-order valence-electron chi connectivity index (χ3n) is 3.98. The molecule has 3 rings (SSSR count). The molecule has 0 radical (unpaired) electrons. The van der Waals surface area contributed by atoms with E-state index in [2.05, 4.69) is 40.7 Å². The Kier molecular flexibility index (Phi) is 3.48. The fourth-order valence-electron chi connectivity index (χ4n) is 3.07. The molecule has 0 saturated heterocycles. The second-order valence-electron chi connectivity index (χ2n) is 5.35. The molecular formula is C17H20N4O. The van der Waals surface area contributed by atoms with Crippen LogP contribution in [-0.2, 0) is 0 Å². The molecule has 0 spiro atoms. The number of aryl methyl sites for hydroxylation is 3. The van der Waals surface area contributed by atoms with Crippen molar-refractivity contribution in [1.29, 1.82) is 0 Å². The summed E-state index contributed by atoms with van der Waals surface area (Å²) in [7, 11) is 0. The Morgan fingerprint density at radius 1 is 1.00 bits per heavy atom. The smallest absolute Gasteiger partial charge is 0.155 e. The molecule has 0 fully saturated rings. The highest BCUT2D eigenvalue weighted by molar-refractivity contribution is 5.97. The quantitative estimate of drug-likeness (QED) is 0.805. The summed E-state index contributed by atoms with van der Waals surface area (Å²) >= 11 is 0. The minimum Gasteiger partial charge on any atom is -0.494 e. The molecule has 22 heavy (non-hydrogen) atoms. The van der Waals surface area contributed by atoms with Gasteiger partial charge in [-0.05, 0) is 52.0 Å². The van der Waals surface area contributed by atoms with Crippen molar-refractivity contribution < 1.29 is 4.74 Å². The van der Waals surface area contributed by atoms with E-state index in [1.54, 1.807) is 0 Å². The molecule has 2 aromatic heterocycles. The standard InChI is InChI=1S/C17H20N4O/c1-5-22-14-8-6-13(7-9-14)21-11(3)15-10(2)19-20-17(18)16(15)12(21)4/h6-9H,5H2,1-4H3,(H2,18,20). The van der Waals surface area contributed by atoms with Gasteiger partial charge in [0.05, 0.1) is 12.3 Å². The maximum absolute atomic E-state index is 6.04. The zero-order valence-electron chi connectivity index (χ0n) is 13.3. The predicted octanol–water partition coefficient (Wildman–Crippen LogP) is 3.33. The normalized spacial score (nSPS) is 11.1. The largest absolute Gasteiger partial charge is 0.494 e. The average molecular weight is 296 g/mol. The first-order valence-corrected chi connectivity index (χ1v) is 7.38. The first-order chi connectivity index (χ1) is 10.5. The van der Waals surface area contributed by atoms with E-state index < -0.39 is 0 Å². The lowest BCUT2D eigenvalue weighted by molar-refractivity contribution is 0.340.